The zero-order valence-electron chi connectivity index (χ0n) is 19.1. The number of nitrogens with one attached hydrogen (secondary N) is 2. The molecule has 1 fully saturated rings. The minimum Gasteiger partial charge on any atom is -0.379 e. The number of likely N-dealkylation sites (N-methyl/N-ethyl adjacent to an activating group) is 1. The van der Waals surface area contributed by atoms with Gasteiger partial charge in [-0.25, -0.2) is 15.0 Å². The number of sulfonamides is 1. The Morgan fingerprint density at radius 2 is 1.91 bits per heavy atom. The highest BCUT2D eigenvalue weighted by Crippen LogP contribution is 2.36. The Hall–Kier alpha value is -3.04. The van der Waals surface area contributed by atoms with E-state index >= 15 is 0 Å². The molecule has 9 heteroatoms. The Kier molecular flexibility index (Phi) is 6.90. The Balaban J connectivity index is 1.44. The average molecular weight is 467 g/mol. The fourth-order valence-electron chi connectivity index (χ4n) is 4.49. The molecule has 1 saturated carbocycles. The smallest absolute Gasteiger partial charge is 0.280 e. The largest absolute Gasteiger partial charge is 0.379 e. The second kappa shape index (κ2) is 9.84. The van der Waals surface area contributed by atoms with E-state index in [0.29, 0.717) is 12.0 Å². The van der Waals surface area contributed by atoms with Crippen molar-refractivity contribution in [3.63, 3.8) is 0 Å². The third-order valence-corrected chi connectivity index (χ3v) is 7.45. The summed E-state index contributed by atoms with van der Waals surface area (Å²) in [5, 5.41) is 3.53. The van der Waals surface area contributed by atoms with Crippen LogP contribution in [0, 0.1) is 6.92 Å². The third-order valence-electron chi connectivity index (χ3n) is 6.18. The van der Waals surface area contributed by atoms with Crippen LogP contribution in [0.2, 0.25) is 0 Å². The molecule has 1 aromatic carbocycles. The number of aryl methyl sites for hydroxylation is 1. The van der Waals surface area contributed by atoms with Crippen LogP contribution in [0.25, 0.3) is 0 Å². The molecule has 0 unspecified atom stereocenters. The summed E-state index contributed by atoms with van der Waals surface area (Å²) in [6.07, 6.45) is 7.53. The molecule has 2 heterocycles. The minimum absolute atomic E-state index is 0.0565. The standard InChI is InChI=1S/C24H30N6O2S/c1-17-5-4-6-18(13-17)19-7-9-21(22(14-19)30(2)3)28-20-8-10-24(26-15-20)33(31,32)29-23-11-12-25-16-27-23/h4-6,8,10-13,15-16,19,21-22,28H,7,9,14H2,1-3H3,(H,25,27,29)/t19-,21-,22-/m0/s1. The molecule has 0 radical (unpaired) electrons. The molecule has 4 rings (SSSR count). The molecule has 0 spiro atoms. The number of benzene rings is 1. The summed E-state index contributed by atoms with van der Waals surface area (Å²) in [5.41, 5.74) is 3.51. The van der Waals surface area contributed by atoms with Gasteiger partial charge in [0, 0.05) is 18.3 Å². The third kappa shape index (κ3) is 5.66. The number of rotatable bonds is 7. The molecular formula is C24H30N6O2S. The van der Waals surface area contributed by atoms with Gasteiger partial charge in [0.05, 0.1) is 11.9 Å². The highest BCUT2D eigenvalue weighted by Gasteiger charge is 2.32. The molecule has 0 saturated heterocycles. The molecule has 0 bridgehead atoms. The van der Waals surface area contributed by atoms with Crippen LogP contribution < -0.4 is 10.0 Å². The minimum atomic E-state index is -3.82. The van der Waals surface area contributed by atoms with E-state index < -0.39 is 10.0 Å². The summed E-state index contributed by atoms with van der Waals surface area (Å²) in [6, 6.07) is 14.2. The van der Waals surface area contributed by atoms with E-state index in [4.69, 9.17) is 0 Å². The number of hydrogen-bond donors (Lipinski definition) is 2. The van der Waals surface area contributed by atoms with Gasteiger partial charge in [-0.15, -0.1) is 0 Å². The molecule has 1 aliphatic rings. The molecule has 2 aromatic heterocycles. The number of nitrogens with zero attached hydrogens (tertiary/aromatic N) is 4. The molecular weight excluding hydrogens is 436 g/mol. The number of anilines is 2. The van der Waals surface area contributed by atoms with Crippen LogP contribution in [-0.2, 0) is 10.0 Å². The number of aromatic nitrogens is 3. The molecule has 2 N–H and O–H groups in total. The molecule has 0 aliphatic heterocycles. The zero-order chi connectivity index (χ0) is 23.4. The van der Waals surface area contributed by atoms with Crippen molar-refractivity contribution in [1.82, 2.24) is 19.9 Å². The van der Waals surface area contributed by atoms with Crippen molar-refractivity contribution >= 4 is 21.5 Å². The summed E-state index contributed by atoms with van der Waals surface area (Å²) >= 11 is 0. The lowest BCUT2D eigenvalue weighted by Crippen LogP contribution is -2.47. The molecule has 33 heavy (non-hydrogen) atoms. The molecule has 3 atom stereocenters. The quantitative estimate of drug-likeness (QED) is 0.548. The molecule has 8 nitrogen and oxygen atoms in total. The first kappa shape index (κ1) is 23.1. The normalized spacial score (nSPS) is 21.0. The first-order valence-electron chi connectivity index (χ1n) is 11.1. The Morgan fingerprint density at radius 3 is 2.58 bits per heavy atom. The summed E-state index contributed by atoms with van der Waals surface area (Å²) < 4.78 is 27.6. The highest BCUT2D eigenvalue weighted by molar-refractivity contribution is 7.92. The van der Waals surface area contributed by atoms with Crippen LogP contribution in [0.5, 0.6) is 0 Å². The van der Waals surface area contributed by atoms with Crippen molar-refractivity contribution < 1.29 is 8.42 Å². The van der Waals surface area contributed by atoms with Crippen LogP contribution in [0.1, 0.15) is 36.3 Å². The van der Waals surface area contributed by atoms with Crippen LogP contribution in [-0.4, -0.2) is 54.4 Å². The van der Waals surface area contributed by atoms with Gasteiger partial charge in [0.1, 0.15) is 12.1 Å². The van der Waals surface area contributed by atoms with Crippen LogP contribution in [0.3, 0.4) is 0 Å². The van der Waals surface area contributed by atoms with E-state index in [2.05, 4.69) is 75.2 Å². The van der Waals surface area contributed by atoms with Crippen molar-refractivity contribution in [3.05, 3.63) is 72.3 Å². The maximum Gasteiger partial charge on any atom is 0.280 e. The summed E-state index contributed by atoms with van der Waals surface area (Å²) in [6.45, 7) is 2.14. The van der Waals surface area contributed by atoms with Gasteiger partial charge in [-0.3, -0.25) is 4.72 Å². The zero-order valence-corrected chi connectivity index (χ0v) is 20.0. The van der Waals surface area contributed by atoms with E-state index in [1.165, 1.54) is 35.8 Å². The summed E-state index contributed by atoms with van der Waals surface area (Å²) in [5.74, 6) is 0.738. The lowest BCUT2D eigenvalue weighted by molar-refractivity contribution is 0.196. The van der Waals surface area contributed by atoms with Gasteiger partial charge < -0.3 is 10.2 Å². The van der Waals surface area contributed by atoms with Crippen molar-refractivity contribution in [1.29, 1.82) is 0 Å². The molecule has 0 amide bonds. The van der Waals surface area contributed by atoms with Gasteiger partial charge in [0.2, 0.25) is 0 Å². The lowest BCUT2D eigenvalue weighted by Gasteiger charge is -2.41. The number of pyridine rings is 1. The van der Waals surface area contributed by atoms with Gasteiger partial charge in [0.15, 0.2) is 5.03 Å². The predicted molar refractivity (Wildman–Crippen MR) is 130 cm³/mol. The average Bonchev–Trinajstić information content (AvgIpc) is 2.80. The maximum absolute atomic E-state index is 12.6. The molecule has 174 valence electrons. The Bertz CT molecular complexity index is 1170. The fourth-order valence-corrected chi connectivity index (χ4v) is 5.43. The van der Waals surface area contributed by atoms with Crippen LogP contribution in [0.15, 0.2) is 66.2 Å². The Labute approximate surface area is 195 Å². The second-order valence-corrected chi connectivity index (χ2v) is 10.4. The highest BCUT2D eigenvalue weighted by atomic mass is 32.2. The molecule has 1 aliphatic carbocycles. The van der Waals surface area contributed by atoms with E-state index in [1.807, 2.05) is 0 Å². The number of hydrogen-bond acceptors (Lipinski definition) is 7. The first-order chi connectivity index (χ1) is 15.8. The SMILES string of the molecule is Cc1cccc([C@H]2CC[C@H](Nc3ccc(S(=O)(=O)Nc4ccncn4)nc3)[C@@H](N(C)C)C2)c1. The van der Waals surface area contributed by atoms with Gasteiger partial charge in [0.25, 0.3) is 10.0 Å². The van der Waals surface area contributed by atoms with Crippen LogP contribution >= 0.6 is 0 Å². The summed E-state index contributed by atoms with van der Waals surface area (Å²) in [4.78, 5) is 14.1. The maximum atomic E-state index is 12.6. The van der Waals surface area contributed by atoms with Gasteiger partial charge >= 0.3 is 0 Å². The van der Waals surface area contributed by atoms with Crippen molar-refractivity contribution in [2.24, 2.45) is 0 Å². The monoisotopic (exact) mass is 466 g/mol. The van der Waals surface area contributed by atoms with E-state index in [9.17, 15) is 8.42 Å². The van der Waals surface area contributed by atoms with E-state index in [-0.39, 0.29) is 16.9 Å². The second-order valence-electron chi connectivity index (χ2n) is 8.79. The van der Waals surface area contributed by atoms with Crippen molar-refractivity contribution in [2.75, 3.05) is 24.1 Å². The Morgan fingerprint density at radius 1 is 1.06 bits per heavy atom. The lowest BCUT2D eigenvalue weighted by atomic mass is 9.78. The van der Waals surface area contributed by atoms with Crippen molar-refractivity contribution in [2.45, 2.75) is 49.2 Å². The fraction of sp³-hybridized carbons (Fsp3) is 0.375. The summed E-state index contributed by atoms with van der Waals surface area (Å²) in [7, 11) is 0.415. The van der Waals surface area contributed by atoms with Gasteiger partial charge in [-0.05, 0) is 70.0 Å². The molecule has 3 aromatic rings. The van der Waals surface area contributed by atoms with Crippen LogP contribution in [0.4, 0.5) is 11.5 Å². The van der Waals surface area contributed by atoms with Gasteiger partial charge in [-0.2, -0.15) is 8.42 Å². The topological polar surface area (TPSA) is 100 Å². The first-order valence-corrected chi connectivity index (χ1v) is 12.5. The van der Waals surface area contributed by atoms with E-state index in [1.54, 1.807) is 12.3 Å². The predicted octanol–water partition coefficient (Wildman–Crippen LogP) is 3.66. The van der Waals surface area contributed by atoms with Crippen molar-refractivity contribution in [3.8, 4) is 0 Å². The van der Waals surface area contributed by atoms with E-state index in [0.717, 1.165) is 24.9 Å². The van der Waals surface area contributed by atoms with Gasteiger partial charge in [-0.1, -0.05) is 29.8 Å².